The Morgan fingerprint density at radius 3 is 2.30 bits per heavy atom. The number of methoxy groups -OCH3 is 3. The average Bonchev–Trinajstić information content (AvgIpc) is 2.67. The van der Waals surface area contributed by atoms with Crippen LogP contribution in [0, 0.1) is 0 Å². The molecule has 0 unspecified atom stereocenters. The van der Waals surface area contributed by atoms with E-state index in [4.69, 9.17) is 30.5 Å². The molecule has 0 aromatic heterocycles. The van der Waals surface area contributed by atoms with E-state index < -0.39 is 5.91 Å². The number of ether oxygens (including phenoxy) is 4. The van der Waals surface area contributed by atoms with Crippen LogP contribution in [0.5, 0.6) is 23.0 Å². The van der Waals surface area contributed by atoms with Gasteiger partial charge in [0.2, 0.25) is 0 Å². The smallest absolute Gasteiger partial charge is 0.271 e. The van der Waals surface area contributed by atoms with E-state index in [0.717, 1.165) is 0 Å². The minimum atomic E-state index is -0.409. The molecule has 1 amide bonds. The average molecular weight is 393 g/mol. The lowest BCUT2D eigenvalue weighted by Crippen LogP contribution is -2.17. The van der Waals surface area contributed by atoms with Gasteiger partial charge in [-0.25, -0.2) is 5.43 Å². The first kappa shape index (κ1) is 20.4. The van der Waals surface area contributed by atoms with Crippen molar-refractivity contribution < 1.29 is 23.7 Å². The second-order valence-corrected chi connectivity index (χ2v) is 5.67. The number of carbonyl (C=O) groups is 1. The molecule has 0 saturated heterocycles. The second-order valence-electron chi connectivity index (χ2n) is 5.27. The number of benzene rings is 2. The first-order chi connectivity index (χ1) is 13.0. The van der Waals surface area contributed by atoms with Gasteiger partial charge in [-0.2, -0.15) is 5.10 Å². The summed E-state index contributed by atoms with van der Waals surface area (Å²) in [5.41, 5.74) is 3.45. The van der Waals surface area contributed by atoms with Crippen molar-refractivity contribution in [1.29, 1.82) is 0 Å². The Hall–Kier alpha value is -2.93. The van der Waals surface area contributed by atoms with Crippen LogP contribution in [0.3, 0.4) is 0 Å². The van der Waals surface area contributed by atoms with Crippen molar-refractivity contribution in [3.05, 3.63) is 46.5 Å². The number of nitrogens with zero attached hydrogens (tertiary/aromatic N) is 1. The number of amides is 1. The SMILES string of the molecule is CCOc1cc(/C=N\NC(=O)c2cc(OC)cc(OC)c2)cc(Cl)c1OC. The Kier molecular flexibility index (Phi) is 7.31. The molecule has 27 heavy (non-hydrogen) atoms. The summed E-state index contributed by atoms with van der Waals surface area (Å²) in [5, 5.41) is 4.35. The maximum absolute atomic E-state index is 12.3. The molecule has 0 spiro atoms. The maximum atomic E-state index is 12.3. The summed E-state index contributed by atoms with van der Waals surface area (Å²) in [6.45, 7) is 2.32. The van der Waals surface area contributed by atoms with E-state index in [1.165, 1.54) is 27.5 Å². The monoisotopic (exact) mass is 392 g/mol. The number of hydrogen-bond donors (Lipinski definition) is 1. The quantitative estimate of drug-likeness (QED) is 0.549. The molecule has 7 nitrogen and oxygen atoms in total. The van der Waals surface area contributed by atoms with Crippen molar-refractivity contribution in [2.45, 2.75) is 6.92 Å². The lowest BCUT2D eigenvalue weighted by molar-refractivity contribution is 0.0954. The van der Waals surface area contributed by atoms with Crippen molar-refractivity contribution in [1.82, 2.24) is 5.43 Å². The molecule has 0 fully saturated rings. The van der Waals surface area contributed by atoms with Gasteiger partial charge in [0.1, 0.15) is 11.5 Å². The van der Waals surface area contributed by atoms with Crippen LogP contribution in [0.1, 0.15) is 22.8 Å². The zero-order valence-electron chi connectivity index (χ0n) is 15.5. The molecule has 0 radical (unpaired) electrons. The molecule has 2 aromatic carbocycles. The van der Waals surface area contributed by atoms with E-state index >= 15 is 0 Å². The van der Waals surface area contributed by atoms with Crippen LogP contribution in [-0.4, -0.2) is 40.1 Å². The Morgan fingerprint density at radius 2 is 1.74 bits per heavy atom. The predicted octanol–water partition coefficient (Wildman–Crippen LogP) is 3.53. The lowest BCUT2D eigenvalue weighted by Gasteiger charge is -2.11. The summed E-state index contributed by atoms with van der Waals surface area (Å²) in [7, 11) is 4.54. The van der Waals surface area contributed by atoms with Crippen LogP contribution in [0.2, 0.25) is 5.02 Å². The predicted molar refractivity (Wildman–Crippen MR) is 104 cm³/mol. The lowest BCUT2D eigenvalue weighted by atomic mass is 10.2. The molecular weight excluding hydrogens is 372 g/mol. The fraction of sp³-hybridized carbons (Fsp3) is 0.263. The normalized spacial score (nSPS) is 10.6. The van der Waals surface area contributed by atoms with E-state index in [9.17, 15) is 4.79 Å². The van der Waals surface area contributed by atoms with E-state index in [-0.39, 0.29) is 0 Å². The largest absolute Gasteiger partial charge is 0.497 e. The van der Waals surface area contributed by atoms with Crippen LogP contribution in [0.15, 0.2) is 35.4 Å². The summed E-state index contributed by atoms with van der Waals surface area (Å²) < 4.78 is 21.1. The van der Waals surface area contributed by atoms with Gasteiger partial charge in [0.05, 0.1) is 39.2 Å². The number of hydrogen-bond acceptors (Lipinski definition) is 6. The molecule has 0 aliphatic heterocycles. The van der Waals surface area contributed by atoms with Gasteiger partial charge in [-0.1, -0.05) is 11.6 Å². The topological polar surface area (TPSA) is 78.4 Å². The molecule has 2 rings (SSSR count). The number of halogens is 1. The van der Waals surface area contributed by atoms with Gasteiger partial charge in [0.25, 0.3) is 5.91 Å². The van der Waals surface area contributed by atoms with Crippen molar-refractivity contribution in [2.75, 3.05) is 27.9 Å². The van der Waals surface area contributed by atoms with Gasteiger partial charge in [-0.15, -0.1) is 0 Å². The van der Waals surface area contributed by atoms with E-state index in [1.54, 1.807) is 30.3 Å². The number of hydrazone groups is 1. The van der Waals surface area contributed by atoms with Crippen molar-refractivity contribution in [3.8, 4) is 23.0 Å². The van der Waals surface area contributed by atoms with Gasteiger partial charge in [-0.05, 0) is 36.8 Å². The van der Waals surface area contributed by atoms with Crippen LogP contribution < -0.4 is 24.4 Å². The fourth-order valence-electron chi connectivity index (χ4n) is 2.29. The highest BCUT2D eigenvalue weighted by molar-refractivity contribution is 6.32. The van der Waals surface area contributed by atoms with E-state index in [1.807, 2.05) is 6.92 Å². The Balaban J connectivity index is 2.16. The minimum Gasteiger partial charge on any atom is -0.497 e. The minimum absolute atomic E-state index is 0.353. The van der Waals surface area contributed by atoms with Crippen molar-refractivity contribution >= 4 is 23.7 Å². The van der Waals surface area contributed by atoms with Gasteiger partial charge in [0.15, 0.2) is 11.5 Å². The third-order valence-electron chi connectivity index (χ3n) is 3.53. The van der Waals surface area contributed by atoms with Gasteiger partial charge >= 0.3 is 0 Å². The maximum Gasteiger partial charge on any atom is 0.271 e. The van der Waals surface area contributed by atoms with Crippen LogP contribution in [0.4, 0.5) is 0 Å². The summed E-state index contributed by atoms with van der Waals surface area (Å²) in [6, 6.07) is 8.23. The molecule has 8 heteroatoms. The van der Waals surface area contributed by atoms with Crippen LogP contribution in [0.25, 0.3) is 0 Å². The van der Waals surface area contributed by atoms with E-state index in [2.05, 4.69) is 10.5 Å². The molecule has 144 valence electrons. The van der Waals surface area contributed by atoms with Gasteiger partial charge < -0.3 is 18.9 Å². The summed E-state index contributed by atoms with van der Waals surface area (Å²) in [5.74, 6) is 1.55. The highest BCUT2D eigenvalue weighted by Crippen LogP contribution is 2.35. The zero-order chi connectivity index (χ0) is 19.8. The third-order valence-corrected chi connectivity index (χ3v) is 3.81. The summed E-state index contributed by atoms with van der Waals surface area (Å²) >= 11 is 6.19. The second kappa shape index (κ2) is 9.68. The van der Waals surface area contributed by atoms with Crippen LogP contribution >= 0.6 is 11.6 Å². The molecule has 0 heterocycles. The first-order valence-corrected chi connectivity index (χ1v) is 8.47. The zero-order valence-corrected chi connectivity index (χ0v) is 16.3. The Morgan fingerprint density at radius 1 is 1.07 bits per heavy atom. The van der Waals surface area contributed by atoms with Gasteiger partial charge in [-0.3, -0.25) is 4.79 Å². The molecule has 0 bridgehead atoms. The number of nitrogens with one attached hydrogen (secondary N) is 1. The fourth-order valence-corrected chi connectivity index (χ4v) is 2.59. The summed E-state index contributed by atoms with van der Waals surface area (Å²) in [4.78, 5) is 12.3. The highest BCUT2D eigenvalue weighted by Gasteiger charge is 2.11. The molecule has 0 aliphatic carbocycles. The highest BCUT2D eigenvalue weighted by atomic mass is 35.5. The molecule has 0 saturated carbocycles. The third kappa shape index (κ3) is 5.27. The molecule has 0 aliphatic rings. The number of rotatable bonds is 8. The Labute approximate surface area is 162 Å². The molecule has 2 aromatic rings. The first-order valence-electron chi connectivity index (χ1n) is 8.09. The standard InChI is InChI=1S/C19H21ClN2O5/c1-5-27-17-7-12(6-16(20)18(17)26-4)11-21-22-19(23)13-8-14(24-2)10-15(9-13)25-3/h6-11H,5H2,1-4H3,(H,22,23)/b21-11-. The van der Waals surface area contributed by atoms with Crippen molar-refractivity contribution in [2.24, 2.45) is 5.10 Å². The van der Waals surface area contributed by atoms with E-state index in [0.29, 0.717) is 45.8 Å². The molecule has 1 N–H and O–H groups in total. The number of carbonyl (C=O) groups excluding carboxylic acids is 1. The van der Waals surface area contributed by atoms with Gasteiger partial charge in [0, 0.05) is 11.6 Å². The molecular formula is C19H21ClN2O5. The Bertz CT molecular complexity index is 817. The van der Waals surface area contributed by atoms with Crippen molar-refractivity contribution in [3.63, 3.8) is 0 Å². The summed E-state index contributed by atoms with van der Waals surface area (Å²) in [6.07, 6.45) is 1.46. The molecule has 0 atom stereocenters. The van der Waals surface area contributed by atoms with Crippen LogP contribution in [-0.2, 0) is 0 Å².